The fraction of sp³-hybridized carbons (Fsp3) is 0.250. The molecule has 0 saturated heterocycles. The molecular weight excluding hydrogens is 186 g/mol. The van der Waals surface area contributed by atoms with Crippen LogP contribution in [-0.4, -0.2) is 16.8 Å². The topological polar surface area (TPSA) is 29.9 Å². The minimum atomic E-state index is 0.362. The Balaban J connectivity index is 2.35. The first kappa shape index (κ1) is 9.93. The van der Waals surface area contributed by atoms with E-state index in [0.717, 1.165) is 5.69 Å². The van der Waals surface area contributed by atoms with Crippen molar-refractivity contribution in [1.29, 1.82) is 0 Å². The molecule has 2 aromatic rings. The average Bonchev–Trinajstić information content (AvgIpc) is 2.82. The van der Waals surface area contributed by atoms with Crippen LogP contribution >= 0.6 is 0 Å². The number of benzene rings is 1. The zero-order chi connectivity index (χ0) is 10.7. The van der Waals surface area contributed by atoms with Crippen molar-refractivity contribution < 1.29 is 0 Å². The Morgan fingerprint density at radius 3 is 2.87 bits per heavy atom. The molecule has 1 aromatic heterocycles. The fourth-order valence-corrected chi connectivity index (χ4v) is 1.52. The van der Waals surface area contributed by atoms with Crippen molar-refractivity contribution >= 4 is 0 Å². The molecule has 3 heteroatoms. The summed E-state index contributed by atoms with van der Waals surface area (Å²) in [5.74, 6) is 0. The molecule has 0 bridgehead atoms. The maximum Gasteiger partial charge on any atom is 0.0648 e. The predicted octanol–water partition coefficient (Wildman–Crippen LogP) is 2.15. The Morgan fingerprint density at radius 1 is 1.33 bits per heavy atom. The molecule has 0 aliphatic heterocycles. The van der Waals surface area contributed by atoms with Crippen LogP contribution in [0.3, 0.4) is 0 Å². The minimum Gasteiger partial charge on any atom is -0.313 e. The van der Waals surface area contributed by atoms with Gasteiger partial charge < -0.3 is 5.32 Å². The minimum absolute atomic E-state index is 0.362. The molecule has 0 aliphatic rings. The van der Waals surface area contributed by atoms with Crippen LogP contribution in [0.25, 0.3) is 5.69 Å². The lowest BCUT2D eigenvalue weighted by Gasteiger charge is -2.11. The van der Waals surface area contributed by atoms with Gasteiger partial charge in [-0.1, -0.05) is 12.1 Å². The van der Waals surface area contributed by atoms with Gasteiger partial charge in [-0.15, -0.1) is 0 Å². The highest BCUT2D eigenvalue weighted by atomic mass is 15.3. The largest absolute Gasteiger partial charge is 0.313 e. The summed E-state index contributed by atoms with van der Waals surface area (Å²) >= 11 is 0. The van der Waals surface area contributed by atoms with Gasteiger partial charge in [-0.2, -0.15) is 5.10 Å². The van der Waals surface area contributed by atoms with E-state index in [4.69, 9.17) is 0 Å². The highest BCUT2D eigenvalue weighted by molar-refractivity contribution is 5.36. The smallest absolute Gasteiger partial charge is 0.0648 e. The van der Waals surface area contributed by atoms with Crippen molar-refractivity contribution in [2.75, 3.05) is 7.05 Å². The lowest BCUT2D eigenvalue weighted by Crippen LogP contribution is -2.12. The van der Waals surface area contributed by atoms with Crippen LogP contribution in [0.1, 0.15) is 18.5 Å². The van der Waals surface area contributed by atoms with Gasteiger partial charge in [0.2, 0.25) is 0 Å². The molecule has 0 aliphatic carbocycles. The van der Waals surface area contributed by atoms with Crippen molar-refractivity contribution in [1.82, 2.24) is 15.1 Å². The van der Waals surface area contributed by atoms with E-state index in [2.05, 4.69) is 41.6 Å². The lowest BCUT2D eigenvalue weighted by atomic mass is 10.1. The third-order valence-electron chi connectivity index (χ3n) is 2.57. The summed E-state index contributed by atoms with van der Waals surface area (Å²) in [6.45, 7) is 2.14. The van der Waals surface area contributed by atoms with E-state index in [-0.39, 0.29) is 0 Å². The number of aromatic nitrogens is 2. The Hall–Kier alpha value is -1.61. The second kappa shape index (κ2) is 4.28. The number of hydrogen-bond donors (Lipinski definition) is 1. The van der Waals surface area contributed by atoms with E-state index in [1.54, 1.807) is 6.20 Å². The van der Waals surface area contributed by atoms with E-state index < -0.39 is 0 Å². The van der Waals surface area contributed by atoms with Gasteiger partial charge in [-0.3, -0.25) is 0 Å². The number of hydrogen-bond acceptors (Lipinski definition) is 2. The predicted molar refractivity (Wildman–Crippen MR) is 61.0 cm³/mol. The van der Waals surface area contributed by atoms with Gasteiger partial charge in [0.25, 0.3) is 0 Å². The summed E-state index contributed by atoms with van der Waals surface area (Å²) in [6.07, 6.45) is 3.73. The van der Waals surface area contributed by atoms with E-state index in [1.807, 2.05) is 24.0 Å². The van der Waals surface area contributed by atoms with E-state index >= 15 is 0 Å². The van der Waals surface area contributed by atoms with Crippen LogP contribution in [0.15, 0.2) is 42.7 Å². The van der Waals surface area contributed by atoms with Gasteiger partial charge in [-0.05, 0) is 37.7 Å². The maximum absolute atomic E-state index is 4.21. The first-order valence-electron chi connectivity index (χ1n) is 5.08. The van der Waals surface area contributed by atoms with Crippen LogP contribution in [0.4, 0.5) is 0 Å². The summed E-state index contributed by atoms with van der Waals surface area (Å²) in [4.78, 5) is 0. The average molecular weight is 201 g/mol. The van der Waals surface area contributed by atoms with Crippen LogP contribution in [0.2, 0.25) is 0 Å². The normalized spacial score (nSPS) is 12.7. The van der Waals surface area contributed by atoms with Gasteiger partial charge in [0.05, 0.1) is 5.69 Å². The molecule has 0 radical (unpaired) electrons. The monoisotopic (exact) mass is 201 g/mol. The molecule has 78 valence electrons. The first-order chi connectivity index (χ1) is 7.31. The molecule has 3 nitrogen and oxygen atoms in total. The maximum atomic E-state index is 4.21. The summed E-state index contributed by atoms with van der Waals surface area (Å²) in [6, 6.07) is 10.7. The molecular formula is C12H15N3. The fourth-order valence-electron chi connectivity index (χ4n) is 1.52. The third-order valence-corrected chi connectivity index (χ3v) is 2.57. The Kier molecular flexibility index (Phi) is 2.83. The van der Waals surface area contributed by atoms with Crippen LogP contribution in [0.5, 0.6) is 0 Å². The van der Waals surface area contributed by atoms with Gasteiger partial charge >= 0.3 is 0 Å². The van der Waals surface area contributed by atoms with Crippen LogP contribution in [-0.2, 0) is 0 Å². The van der Waals surface area contributed by atoms with E-state index in [0.29, 0.717) is 6.04 Å². The molecule has 2 rings (SSSR count). The van der Waals surface area contributed by atoms with Gasteiger partial charge in [0, 0.05) is 18.4 Å². The summed E-state index contributed by atoms with van der Waals surface area (Å²) in [5, 5.41) is 7.43. The molecule has 1 heterocycles. The second-order valence-electron chi connectivity index (χ2n) is 3.56. The van der Waals surface area contributed by atoms with Crippen molar-refractivity contribution in [2.45, 2.75) is 13.0 Å². The van der Waals surface area contributed by atoms with Crippen molar-refractivity contribution in [3.8, 4) is 5.69 Å². The highest BCUT2D eigenvalue weighted by Crippen LogP contribution is 2.15. The first-order valence-corrected chi connectivity index (χ1v) is 5.08. The van der Waals surface area contributed by atoms with Crippen molar-refractivity contribution in [3.63, 3.8) is 0 Å². The Bertz CT molecular complexity index is 420. The lowest BCUT2D eigenvalue weighted by molar-refractivity contribution is 0.651. The van der Waals surface area contributed by atoms with Gasteiger partial charge in [0.15, 0.2) is 0 Å². The number of nitrogens with zero attached hydrogens (tertiary/aromatic N) is 2. The Labute approximate surface area is 89.7 Å². The van der Waals surface area contributed by atoms with Crippen LogP contribution in [0, 0.1) is 0 Å². The van der Waals surface area contributed by atoms with E-state index in [1.165, 1.54) is 5.56 Å². The zero-order valence-corrected chi connectivity index (χ0v) is 9.01. The molecule has 1 atom stereocenters. The molecule has 1 N–H and O–H groups in total. The summed E-state index contributed by atoms with van der Waals surface area (Å²) in [7, 11) is 1.96. The summed E-state index contributed by atoms with van der Waals surface area (Å²) < 4.78 is 1.87. The third kappa shape index (κ3) is 2.07. The Morgan fingerprint density at radius 2 is 2.20 bits per heavy atom. The molecule has 15 heavy (non-hydrogen) atoms. The van der Waals surface area contributed by atoms with Gasteiger partial charge in [0.1, 0.15) is 0 Å². The molecule has 1 unspecified atom stereocenters. The molecule has 1 aromatic carbocycles. The second-order valence-corrected chi connectivity index (χ2v) is 3.56. The number of nitrogens with one attached hydrogen (secondary N) is 1. The zero-order valence-electron chi connectivity index (χ0n) is 9.01. The van der Waals surface area contributed by atoms with Gasteiger partial charge in [-0.25, -0.2) is 4.68 Å². The molecule has 0 spiro atoms. The summed E-state index contributed by atoms with van der Waals surface area (Å²) in [5.41, 5.74) is 2.37. The highest BCUT2D eigenvalue weighted by Gasteiger charge is 2.03. The quantitative estimate of drug-likeness (QED) is 0.824. The standard InChI is InChI=1S/C12H15N3/c1-10(13-2)11-5-3-6-12(9-11)15-8-4-7-14-15/h3-10,13H,1-2H3. The molecule has 0 fully saturated rings. The molecule has 0 saturated carbocycles. The van der Waals surface area contributed by atoms with Crippen molar-refractivity contribution in [3.05, 3.63) is 48.3 Å². The molecule has 0 amide bonds. The van der Waals surface area contributed by atoms with E-state index in [9.17, 15) is 0 Å². The SMILES string of the molecule is CNC(C)c1cccc(-n2cccn2)c1. The number of rotatable bonds is 3. The van der Waals surface area contributed by atoms with Crippen LogP contribution < -0.4 is 5.32 Å². The van der Waals surface area contributed by atoms with Crippen molar-refractivity contribution in [2.24, 2.45) is 0 Å².